The summed E-state index contributed by atoms with van der Waals surface area (Å²) in [7, 11) is 4.05. The molecule has 1 aromatic heterocycles. The van der Waals surface area contributed by atoms with Gasteiger partial charge in [-0.1, -0.05) is 37.6 Å². The van der Waals surface area contributed by atoms with E-state index in [-0.39, 0.29) is 11.2 Å². The molecule has 0 bridgehead atoms. The lowest BCUT2D eigenvalue weighted by molar-refractivity contribution is 0.828. The lowest BCUT2D eigenvalue weighted by Gasteiger charge is -2.18. The van der Waals surface area contributed by atoms with Crippen LogP contribution in [0.4, 0.5) is 5.69 Å². The average Bonchev–Trinajstić information content (AvgIpc) is 2.46. The monoisotopic (exact) mass is 323 g/mol. The summed E-state index contributed by atoms with van der Waals surface area (Å²) >= 11 is 12.2. The van der Waals surface area contributed by atoms with Crippen LogP contribution < -0.4 is 4.90 Å². The van der Waals surface area contributed by atoms with Crippen molar-refractivity contribution in [1.29, 1.82) is 0 Å². The van der Waals surface area contributed by atoms with Gasteiger partial charge < -0.3 is 4.90 Å². The molecule has 0 amide bonds. The maximum Gasteiger partial charge on any atom is 0.224 e. The Morgan fingerprint density at radius 3 is 2.24 bits per heavy atom. The fraction of sp³-hybridized carbons (Fsp3) is 0.375. The molecule has 1 aromatic carbocycles. The summed E-state index contributed by atoms with van der Waals surface area (Å²) in [6.07, 6.45) is 0.783. The Labute approximate surface area is 135 Å². The van der Waals surface area contributed by atoms with E-state index in [1.807, 2.05) is 21.0 Å². The number of anilines is 1. The van der Waals surface area contributed by atoms with Gasteiger partial charge in [0.2, 0.25) is 5.28 Å². The van der Waals surface area contributed by atoms with Gasteiger partial charge in [0.25, 0.3) is 0 Å². The maximum absolute atomic E-state index is 6.19. The highest BCUT2D eigenvalue weighted by atomic mass is 35.5. The van der Waals surface area contributed by atoms with Crippen molar-refractivity contribution >= 4 is 28.9 Å². The average molecular weight is 324 g/mol. The summed E-state index contributed by atoms with van der Waals surface area (Å²) < 4.78 is 0. The Balaban J connectivity index is 2.41. The molecule has 0 aliphatic carbocycles. The molecule has 112 valence electrons. The summed E-state index contributed by atoms with van der Waals surface area (Å²) in [6.45, 7) is 4.16. The third-order valence-electron chi connectivity index (χ3n) is 3.63. The van der Waals surface area contributed by atoms with Crippen LogP contribution in [0.5, 0.6) is 0 Å². The van der Waals surface area contributed by atoms with Crippen molar-refractivity contribution in [2.24, 2.45) is 0 Å². The second-order valence-corrected chi connectivity index (χ2v) is 5.90. The van der Waals surface area contributed by atoms with Gasteiger partial charge in [-0.05, 0) is 35.7 Å². The third-order valence-corrected chi connectivity index (χ3v) is 4.12. The number of aromatic nitrogens is 2. The molecular weight excluding hydrogens is 305 g/mol. The summed E-state index contributed by atoms with van der Waals surface area (Å²) in [4.78, 5) is 10.5. The highest BCUT2D eigenvalue weighted by Crippen LogP contribution is 2.30. The molecular formula is C16H19Cl2N3. The molecule has 0 radical (unpaired) electrons. The molecule has 1 atom stereocenters. The second kappa shape index (κ2) is 6.63. The van der Waals surface area contributed by atoms with Crippen LogP contribution in [0.3, 0.4) is 0 Å². The van der Waals surface area contributed by atoms with Gasteiger partial charge in [-0.2, -0.15) is 0 Å². The first-order valence-corrected chi connectivity index (χ1v) is 7.68. The van der Waals surface area contributed by atoms with Gasteiger partial charge in [-0.15, -0.1) is 0 Å². The summed E-state index contributed by atoms with van der Waals surface area (Å²) in [6, 6.07) is 8.43. The van der Waals surface area contributed by atoms with E-state index < -0.39 is 0 Å². The van der Waals surface area contributed by atoms with Gasteiger partial charge >= 0.3 is 0 Å². The number of nitrogens with zero attached hydrogens (tertiary/aromatic N) is 3. The quantitative estimate of drug-likeness (QED) is 0.610. The predicted molar refractivity (Wildman–Crippen MR) is 89.7 cm³/mol. The number of hydrogen-bond acceptors (Lipinski definition) is 3. The highest BCUT2D eigenvalue weighted by Gasteiger charge is 2.18. The van der Waals surface area contributed by atoms with Gasteiger partial charge in [0, 0.05) is 31.3 Å². The van der Waals surface area contributed by atoms with Crippen molar-refractivity contribution in [1.82, 2.24) is 9.97 Å². The van der Waals surface area contributed by atoms with Crippen LogP contribution in [0.1, 0.15) is 36.6 Å². The van der Waals surface area contributed by atoms with E-state index in [2.05, 4.69) is 46.1 Å². The third kappa shape index (κ3) is 3.47. The zero-order chi connectivity index (χ0) is 15.6. The van der Waals surface area contributed by atoms with Crippen LogP contribution >= 0.6 is 23.2 Å². The van der Waals surface area contributed by atoms with E-state index in [0.717, 1.165) is 17.7 Å². The number of halogens is 2. The van der Waals surface area contributed by atoms with Crippen molar-refractivity contribution < 1.29 is 0 Å². The summed E-state index contributed by atoms with van der Waals surface area (Å²) in [5.74, 6) is 0.120. The Hall–Kier alpha value is -1.32. The van der Waals surface area contributed by atoms with Gasteiger partial charge in [0.05, 0.1) is 5.69 Å². The normalized spacial score (nSPS) is 12.3. The van der Waals surface area contributed by atoms with Gasteiger partial charge in [-0.3, -0.25) is 0 Å². The predicted octanol–water partition coefficient (Wildman–Crippen LogP) is 4.56. The van der Waals surface area contributed by atoms with Gasteiger partial charge in [0.15, 0.2) is 0 Å². The first-order chi connectivity index (χ1) is 9.93. The van der Waals surface area contributed by atoms with Crippen molar-refractivity contribution in [3.05, 3.63) is 51.5 Å². The summed E-state index contributed by atoms with van der Waals surface area (Å²) in [5.41, 5.74) is 4.21. The molecule has 0 fully saturated rings. The molecule has 21 heavy (non-hydrogen) atoms. The van der Waals surface area contributed by atoms with E-state index in [0.29, 0.717) is 5.15 Å². The zero-order valence-corrected chi connectivity index (χ0v) is 14.2. The number of benzene rings is 1. The minimum atomic E-state index is 0.120. The largest absolute Gasteiger partial charge is 0.378 e. The van der Waals surface area contributed by atoms with Gasteiger partial charge in [-0.25, -0.2) is 9.97 Å². The Bertz CT molecular complexity index is 624. The molecule has 1 heterocycles. The van der Waals surface area contributed by atoms with E-state index in [1.54, 1.807) is 0 Å². The molecule has 0 aliphatic rings. The van der Waals surface area contributed by atoms with Crippen LogP contribution in [0.25, 0.3) is 0 Å². The van der Waals surface area contributed by atoms with Crippen LogP contribution in [-0.4, -0.2) is 24.1 Å². The molecule has 1 unspecified atom stereocenters. The van der Waals surface area contributed by atoms with E-state index in [4.69, 9.17) is 23.2 Å². The van der Waals surface area contributed by atoms with Gasteiger partial charge in [0.1, 0.15) is 5.15 Å². The fourth-order valence-electron chi connectivity index (χ4n) is 2.35. The Morgan fingerprint density at radius 1 is 1.10 bits per heavy atom. The van der Waals surface area contributed by atoms with E-state index in [1.165, 1.54) is 11.3 Å². The second-order valence-electron chi connectivity index (χ2n) is 5.21. The summed E-state index contributed by atoms with van der Waals surface area (Å²) in [5, 5.41) is 0.647. The first-order valence-electron chi connectivity index (χ1n) is 6.93. The van der Waals surface area contributed by atoms with Crippen molar-refractivity contribution in [2.75, 3.05) is 19.0 Å². The smallest absolute Gasteiger partial charge is 0.224 e. The molecule has 2 aromatic rings. The van der Waals surface area contributed by atoms with E-state index in [9.17, 15) is 0 Å². The lowest BCUT2D eigenvalue weighted by Crippen LogP contribution is -2.09. The van der Waals surface area contributed by atoms with Crippen LogP contribution in [0.15, 0.2) is 24.3 Å². The molecule has 3 nitrogen and oxygen atoms in total. The number of hydrogen-bond donors (Lipinski definition) is 0. The first kappa shape index (κ1) is 16.1. The Kier molecular flexibility index (Phi) is 5.07. The minimum Gasteiger partial charge on any atom is -0.378 e. The molecule has 5 heteroatoms. The molecule has 0 N–H and O–H groups in total. The standard InChI is InChI=1S/C16H19Cl2N3/c1-5-13-14(19-16(18)20-15(13)17)10(2)11-6-8-12(9-7-11)21(3)4/h6-10H,5H2,1-4H3. The highest BCUT2D eigenvalue weighted by molar-refractivity contribution is 6.32. The molecule has 0 aliphatic heterocycles. The molecule has 0 saturated carbocycles. The van der Waals surface area contributed by atoms with Crippen molar-refractivity contribution in [2.45, 2.75) is 26.2 Å². The maximum atomic E-state index is 6.19. The van der Waals surface area contributed by atoms with Crippen molar-refractivity contribution in [3.8, 4) is 0 Å². The van der Waals surface area contributed by atoms with Crippen molar-refractivity contribution in [3.63, 3.8) is 0 Å². The van der Waals surface area contributed by atoms with E-state index >= 15 is 0 Å². The van der Waals surface area contributed by atoms with Crippen LogP contribution in [0.2, 0.25) is 10.4 Å². The van der Waals surface area contributed by atoms with Crippen LogP contribution in [0, 0.1) is 0 Å². The molecule has 2 rings (SSSR count). The lowest BCUT2D eigenvalue weighted by atomic mass is 9.93. The topological polar surface area (TPSA) is 29.0 Å². The zero-order valence-electron chi connectivity index (χ0n) is 12.7. The SMILES string of the molecule is CCc1c(Cl)nc(Cl)nc1C(C)c1ccc(N(C)C)cc1. The molecule has 0 saturated heterocycles. The molecule has 0 spiro atoms. The minimum absolute atomic E-state index is 0.120. The Morgan fingerprint density at radius 2 is 1.71 bits per heavy atom. The van der Waals surface area contributed by atoms with Crippen LogP contribution in [-0.2, 0) is 6.42 Å². The fourth-order valence-corrected chi connectivity index (χ4v) is 2.88. The number of rotatable bonds is 4.